The van der Waals surface area contributed by atoms with Crippen molar-refractivity contribution in [1.82, 2.24) is 4.90 Å². The van der Waals surface area contributed by atoms with E-state index < -0.39 is 0 Å². The topological polar surface area (TPSA) is 40.5 Å². The van der Waals surface area contributed by atoms with Crippen LogP contribution < -0.4 is 0 Å². The number of hydrogen-bond donors (Lipinski definition) is 1. The number of halogens is 1. The molecule has 114 valence electrons. The molecule has 2 rings (SSSR count). The maximum absolute atomic E-state index is 12.9. The first-order valence-corrected chi connectivity index (χ1v) is 7.47. The predicted molar refractivity (Wildman–Crippen MR) is 81.1 cm³/mol. The lowest BCUT2D eigenvalue weighted by Crippen LogP contribution is -2.44. The second-order valence-electron chi connectivity index (χ2n) is 5.54. The minimum Gasteiger partial charge on any atom is -0.396 e. The molecule has 21 heavy (non-hydrogen) atoms. The van der Waals surface area contributed by atoms with E-state index >= 15 is 0 Å². The molecule has 1 heterocycles. The zero-order valence-corrected chi connectivity index (χ0v) is 12.4. The molecular formula is C17H22FNO2. The number of hydrogen-bond acceptors (Lipinski definition) is 2. The molecule has 1 amide bonds. The third kappa shape index (κ3) is 4.14. The first-order valence-electron chi connectivity index (χ1n) is 7.47. The Kier molecular flexibility index (Phi) is 5.51. The number of carbonyl (C=O) groups is 1. The largest absolute Gasteiger partial charge is 0.396 e. The van der Waals surface area contributed by atoms with Crippen LogP contribution in [0, 0.1) is 5.82 Å². The summed E-state index contributed by atoms with van der Waals surface area (Å²) in [7, 11) is 0. The van der Waals surface area contributed by atoms with E-state index in [1.807, 2.05) is 4.90 Å². The van der Waals surface area contributed by atoms with Crippen LogP contribution in [0.25, 0.3) is 6.08 Å². The lowest BCUT2D eigenvalue weighted by molar-refractivity contribution is -0.130. The molecule has 0 spiro atoms. The number of aliphatic hydroxyl groups is 1. The normalized spacial score (nSPS) is 19.7. The quantitative estimate of drug-likeness (QED) is 0.866. The summed E-state index contributed by atoms with van der Waals surface area (Å²) in [6.07, 6.45) is 5.49. The molecule has 1 N–H and O–H groups in total. The van der Waals surface area contributed by atoms with E-state index in [1.165, 1.54) is 12.1 Å². The van der Waals surface area contributed by atoms with Crippen LogP contribution in [0.3, 0.4) is 0 Å². The molecule has 1 aliphatic heterocycles. The molecule has 0 aliphatic carbocycles. The minimum atomic E-state index is -0.282. The number of nitrogens with zero attached hydrogens (tertiary/aromatic N) is 1. The molecule has 1 aliphatic rings. The van der Waals surface area contributed by atoms with Gasteiger partial charge in [-0.2, -0.15) is 0 Å². The smallest absolute Gasteiger partial charge is 0.249 e. The minimum absolute atomic E-state index is 0.0116. The second kappa shape index (κ2) is 7.36. The Bertz CT molecular complexity index is 508. The summed E-state index contributed by atoms with van der Waals surface area (Å²) < 4.78 is 12.9. The van der Waals surface area contributed by atoms with Crippen LogP contribution in [0.15, 0.2) is 29.8 Å². The van der Waals surface area contributed by atoms with Crippen molar-refractivity contribution >= 4 is 12.0 Å². The van der Waals surface area contributed by atoms with E-state index in [0.29, 0.717) is 12.0 Å². The summed E-state index contributed by atoms with van der Waals surface area (Å²) in [6, 6.07) is 6.23. The zero-order chi connectivity index (χ0) is 15.2. The zero-order valence-electron chi connectivity index (χ0n) is 12.4. The number of amides is 1. The summed E-state index contributed by atoms with van der Waals surface area (Å²) in [6.45, 7) is 2.64. The van der Waals surface area contributed by atoms with Crippen molar-refractivity contribution in [3.8, 4) is 0 Å². The lowest BCUT2D eigenvalue weighted by Gasteiger charge is -2.35. The van der Waals surface area contributed by atoms with Gasteiger partial charge in [-0.05, 0) is 56.4 Å². The molecule has 1 unspecified atom stereocenters. The lowest BCUT2D eigenvalue weighted by atomic mass is 9.98. The Morgan fingerprint density at radius 1 is 1.38 bits per heavy atom. The Morgan fingerprint density at radius 2 is 2.10 bits per heavy atom. The van der Waals surface area contributed by atoms with Crippen molar-refractivity contribution in [2.75, 3.05) is 13.2 Å². The van der Waals surface area contributed by atoms with Crippen molar-refractivity contribution in [3.63, 3.8) is 0 Å². The fourth-order valence-corrected chi connectivity index (χ4v) is 2.81. The highest BCUT2D eigenvalue weighted by Crippen LogP contribution is 2.22. The van der Waals surface area contributed by atoms with E-state index in [-0.39, 0.29) is 24.4 Å². The van der Waals surface area contributed by atoms with Crippen LogP contribution in [0.4, 0.5) is 4.39 Å². The number of piperidine rings is 1. The molecule has 4 heteroatoms. The monoisotopic (exact) mass is 291 g/mol. The molecular weight excluding hydrogens is 269 g/mol. The maximum atomic E-state index is 12.9. The fraction of sp³-hybridized carbons (Fsp3) is 0.471. The molecule has 1 saturated heterocycles. The van der Waals surface area contributed by atoms with Crippen LogP contribution in [0.2, 0.25) is 0 Å². The first kappa shape index (κ1) is 15.7. The molecule has 1 fully saturated rings. The average molecular weight is 291 g/mol. The van der Waals surface area contributed by atoms with Gasteiger partial charge in [-0.15, -0.1) is 0 Å². The van der Waals surface area contributed by atoms with Crippen LogP contribution in [-0.4, -0.2) is 35.1 Å². The van der Waals surface area contributed by atoms with Crippen molar-refractivity contribution < 1.29 is 14.3 Å². The summed E-state index contributed by atoms with van der Waals surface area (Å²) in [4.78, 5) is 14.4. The number of carbonyl (C=O) groups excluding carboxylic acids is 1. The second-order valence-corrected chi connectivity index (χ2v) is 5.54. The summed E-state index contributed by atoms with van der Waals surface area (Å²) in [5.74, 6) is -0.271. The Labute approximate surface area is 125 Å². The van der Waals surface area contributed by atoms with Crippen LogP contribution in [0.1, 0.15) is 38.2 Å². The fourth-order valence-electron chi connectivity index (χ4n) is 2.81. The molecule has 0 aromatic heterocycles. The summed E-state index contributed by atoms with van der Waals surface area (Å²) >= 11 is 0. The van der Waals surface area contributed by atoms with Crippen LogP contribution in [-0.2, 0) is 4.79 Å². The number of rotatable bonds is 4. The van der Waals surface area contributed by atoms with Gasteiger partial charge in [0.1, 0.15) is 5.82 Å². The third-order valence-corrected chi connectivity index (χ3v) is 3.94. The molecule has 0 saturated carbocycles. The average Bonchev–Trinajstić information content (AvgIpc) is 2.50. The van der Waals surface area contributed by atoms with Crippen molar-refractivity contribution in [2.24, 2.45) is 0 Å². The molecule has 3 nitrogen and oxygen atoms in total. The van der Waals surface area contributed by atoms with Crippen molar-refractivity contribution in [3.05, 3.63) is 41.2 Å². The van der Waals surface area contributed by atoms with E-state index in [1.54, 1.807) is 25.1 Å². The van der Waals surface area contributed by atoms with E-state index in [2.05, 4.69) is 0 Å². The molecule has 1 aromatic rings. The van der Waals surface area contributed by atoms with Gasteiger partial charge in [-0.25, -0.2) is 4.39 Å². The van der Waals surface area contributed by atoms with E-state index in [4.69, 9.17) is 5.11 Å². The number of benzene rings is 1. The summed E-state index contributed by atoms with van der Waals surface area (Å²) in [5.41, 5.74) is 1.46. The van der Waals surface area contributed by atoms with Crippen molar-refractivity contribution in [1.29, 1.82) is 0 Å². The van der Waals surface area contributed by atoms with Gasteiger partial charge in [-0.3, -0.25) is 4.79 Å². The predicted octanol–water partition coefficient (Wildman–Crippen LogP) is 2.99. The Morgan fingerprint density at radius 3 is 2.76 bits per heavy atom. The van der Waals surface area contributed by atoms with Gasteiger partial charge in [0, 0.05) is 24.8 Å². The van der Waals surface area contributed by atoms with Gasteiger partial charge >= 0.3 is 0 Å². The number of aliphatic hydroxyl groups excluding tert-OH is 1. The third-order valence-electron chi connectivity index (χ3n) is 3.94. The van der Waals surface area contributed by atoms with Crippen LogP contribution in [0.5, 0.6) is 0 Å². The number of likely N-dealkylation sites (tertiary alicyclic amines) is 1. The van der Waals surface area contributed by atoms with Crippen LogP contribution >= 0.6 is 0 Å². The standard InChI is InChI=1S/C17H22FNO2/c1-13(12-14-5-7-15(18)8-6-14)17(21)19-10-3-2-4-16(19)9-11-20/h5-8,12,16,20H,2-4,9-11H2,1H3/b13-12-. The molecule has 0 bridgehead atoms. The van der Waals surface area contributed by atoms with E-state index in [9.17, 15) is 9.18 Å². The van der Waals surface area contributed by atoms with Gasteiger partial charge < -0.3 is 10.0 Å². The first-order chi connectivity index (χ1) is 10.1. The van der Waals surface area contributed by atoms with Crippen molar-refractivity contribution in [2.45, 2.75) is 38.6 Å². The van der Waals surface area contributed by atoms with Gasteiger partial charge in [0.15, 0.2) is 0 Å². The molecule has 0 radical (unpaired) electrons. The van der Waals surface area contributed by atoms with Gasteiger partial charge in [0.25, 0.3) is 0 Å². The van der Waals surface area contributed by atoms with Gasteiger partial charge in [-0.1, -0.05) is 12.1 Å². The molecule has 1 aromatic carbocycles. The highest BCUT2D eigenvalue weighted by atomic mass is 19.1. The van der Waals surface area contributed by atoms with Gasteiger partial charge in [0.2, 0.25) is 5.91 Å². The Hall–Kier alpha value is -1.68. The highest BCUT2D eigenvalue weighted by Gasteiger charge is 2.26. The maximum Gasteiger partial charge on any atom is 0.249 e. The molecule has 1 atom stereocenters. The Balaban J connectivity index is 2.11. The van der Waals surface area contributed by atoms with E-state index in [0.717, 1.165) is 31.4 Å². The van der Waals surface area contributed by atoms with Gasteiger partial charge in [0.05, 0.1) is 0 Å². The summed E-state index contributed by atoms with van der Waals surface area (Å²) in [5, 5.41) is 9.13. The SMILES string of the molecule is C/C(=C/c1ccc(F)cc1)C(=O)N1CCCCC1CCO. The highest BCUT2D eigenvalue weighted by molar-refractivity contribution is 5.97.